The van der Waals surface area contributed by atoms with Gasteiger partial charge in [0.1, 0.15) is 0 Å². The van der Waals surface area contributed by atoms with Crippen molar-refractivity contribution in [1.82, 2.24) is 25.3 Å². The van der Waals surface area contributed by atoms with Gasteiger partial charge in [-0.3, -0.25) is 9.69 Å². The largest absolute Gasteiger partial charge is 0.395 e. The van der Waals surface area contributed by atoms with Crippen LogP contribution in [0.15, 0.2) is 15.4 Å². The van der Waals surface area contributed by atoms with E-state index < -0.39 is 5.41 Å². The van der Waals surface area contributed by atoms with Gasteiger partial charge in [-0.25, -0.2) is 4.98 Å². The average molecular weight is 391 g/mol. The Morgan fingerprint density at radius 1 is 1.52 bits per heavy atom. The predicted octanol–water partition coefficient (Wildman–Crippen LogP) is 1.16. The summed E-state index contributed by atoms with van der Waals surface area (Å²) in [5.74, 6) is 1.34. The van der Waals surface area contributed by atoms with Gasteiger partial charge in [0.05, 0.1) is 29.8 Å². The van der Waals surface area contributed by atoms with E-state index in [9.17, 15) is 4.79 Å². The number of aliphatic hydroxyl groups is 1. The van der Waals surface area contributed by atoms with Gasteiger partial charge >= 0.3 is 0 Å². The van der Waals surface area contributed by atoms with Crippen LogP contribution in [0.3, 0.4) is 0 Å². The molecule has 0 aromatic carbocycles. The molecule has 0 radical (unpaired) electrons. The molecule has 0 unspecified atom stereocenters. The summed E-state index contributed by atoms with van der Waals surface area (Å²) in [6.07, 6.45) is 4.20. The highest BCUT2D eigenvalue weighted by Crippen LogP contribution is 2.52. The number of nitrogens with one attached hydrogen (secondary N) is 1. The van der Waals surface area contributed by atoms with E-state index in [4.69, 9.17) is 9.63 Å². The first kappa shape index (κ1) is 18.5. The van der Waals surface area contributed by atoms with Gasteiger partial charge in [-0.1, -0.05) is 12.1 Å². The summed E-state index contributed by atoms with van der Waals surface area (Å²) < 4.78 is 5.39. The Morgan fingerprint density at radius 2 is 2.41 bits per heavy atom. The van der Waals surface area contributed by atoms with E-state index in [1.165, 1.54) is 0 Å². The van der Waals surface area contributed by atoms with E-state index in [1.807, 2.05) is 17.8 Å². The van der Waals surface area contributed by atoms with Gasteiger partial charge in [-0.15, -0.1) is 11.3 Å². The predicted molar refractivity (Wildman–Crippen MR) is 99.0 cm³/mol. The van der Waals surface area contributed by atoms with Crippen LogP contribution in [0.1, 0.15) is 43.6 Å². The number of hydrogen-bond donors (Lipinski definition) is 2. The normalized spacial score (nSPS) is 27.3. The molecule has 0 saturated carbocycles. The molecule has 2 saturated heterocycles. The summed E-state index contributed by atoms with van der Waals surface area (Å²) in [5.41, 5.74) is 2.24. The molecular weight excluding hydrogens is 366 g/mol. The van der Waals surface area contributed by atoms with Crippen LogP contribution < -0.4 is 5.32 Å². The third-order valence-corrected chi connectivity index (χ3v) is 6.49. The van der Waals surface area contributed by atoms with E-state index in [0.29, 0.717) is 30.7 Å². The zero-order valence-corrected chi connectivity index (χ0v) is 16.2. The van der Waals surface area contributed by atoms with Gasteiger partial charge < -0.3 is 14.9 Å². The minimum Gasteiger partial charge on any atom is -0.395 e. The summed E-state index contributed by atoms with van der Waals surface area (Å²) in [6, 6.07) is 0.436. The smallest absolute Gasteiger partial charge is 0.240 e. The molecular formula is C18H25N5O3S. The summed E-state index contributed by atoms with van der Waals surface area (Å²) in [6.45, 7) is 2.80. The maximum Gasteiger partial charge on any atom is 0.240 e. The van der Waals surface area contributed by atoms with E-state index in [-0.39, 0.29) is 25.1 Å². The Morgan fingerprint density at radius 3 is 3.11 bits per heavy atom. The highest BCUT2D eigenvalue weighted by Gasteiger charge is 2.59. The van der Waals surface area contributed by atoms with Crippen molar-refractivity contribution in [2.75, 3.05) is 13.2 Å². The highest BCUT2D eigenvalue weighted by atomic mass is 32.1. The number of aryl methyl sites for hydroxylation is 1. The standard InChI is InChI=1S/C18H25N5O3S/c1-2-15-21-16(26-22-15)9-23-13-3-4-14(23)18(8-13,17(25)19-5-6-24)7-12-10-27-11-20-12/h10-11,13-14,24H,2-9H2,1H3,(H,19,25)/t13-,14+,18+/m1/s1. The molecule has 0 spiro atoms. The topological polar surface area (TPSA) is 104 Å². The van der Waals surface area contributed by atoms with Crippen LogP contribution in [0.25, 0.3) is 0 Å². The van der Waals surface area contributed by atoms with Crippen molar-refractivity contribution in [2.45, 2.75) is 57.7 Å². The molecule has 2 fully saturated rings. The SMILES string of the molecule is CCc1noc(CN2[C@@H]3CC[C@H]2[C@@](Cc2cscn2)(C(=O)NCCO)C3)n1. The van der Waals surface area contributed by atoms with Crippen molar-refractivity contribution in [3.8, 4) is 0 Å². The fraction of sp³-hybridized carbons (Fsp3) is 0.667. The van der Waals surface area contributed by atoms with Crippen LogP contribution >= 0.6 is 11.3 Å². The minimum atomic E-state index is -0.528. The van der Waals surface area contributed by atoms with Crippen LogP contribution in [0.2, 0.25) is 0 Å². The number of aliphatic hydroxyl groups excluding tert-OH is 1. The molecule has 9 heteroatoms. The van der Waals surface area contributed by atoms with Crippen molar-refractivity contribution in [2.24, 2.45) is 5.41 Å². The Balaban J connectivity index is 1.58. The molecule has 2 N–H and O–H groups in total. The Kier molecular flexibility index (Phi) is 5.25. The number of hydrogen-bond acceptors (Lipinski definition) is 8. The molecule has 2 aliphatic heterocycles. The quantitative estimate of drug-likeness (QED) is 0.696. The van der Waals surface area contributed by atoms with Crippen LogP contribution in [0, 0.1) is 5.41 Å². The number of thiazole rings is 1. The number of rotatable bonds is 8. The van der Waals surface area contributed by atoms with Crippen molar-refractivity contribution in [3.63, 3.8) is 0 Å². The first-order chi connectivity index (χ1) is 13.2. The molecule has 3 atom stereocenters. The lowest BCUT2D eigenvalue weighted by Crippen LogP contribution is -2.51. The molecule has 4 rings (SSSR count). The number of amides is 1. The first-order valence-electron chi connectivity index (χ1n) is 9.49. The molecule has 4 heterocycles. The van der Waals surface area contributed by atoms with Gasteiger partial charge in [0, 0.05) is 36.9 Å². The van der Waals surface area contributed by atoms with Crippen molar-refractivity contribution < 1.29 is 14.4 Å². The fourth-order valence-electron chi connectivity index (χ4n) is 4.71. The molecule has 2 aliphatic rings. The zero-order valence-electron chi connectivity index (χ0n) is 15.4. The minimum absolute atomic E-state index is 0.0153. The fourth-order valence-corrected chi connectivity index (χ4v) is 5.27. The van der Waals surface area contributed by atoms with Gasteiger partial charge in [-0.2, -0.15) is 4.98 Å². The van der Waals surface area contributed by atoms with E-state index in [0.717, 1.165) is 31.4 Å². The van der Waals surface area contributed by atoms with Crippen LogP contribution in [0.5, 0.6) is 0 Å². The van der Waals surface area contributed by atoms with E-state index in [2.05, 4.69) is 25.3 Å². The van der Waals surface area contributed by atoms with Crippen LogP contribution in [0.4, 0.5) is 0 Å². The van der Waals surface area contributed by atoms with Gasteiger partial charge in [0.2, 0.25) is 11.8 Å². The van der Waals surface area contributed by atoms with Gasteiger partial charge in [-0.05, 0) is 19.3 Å². The maximum atomic E-state index is 13.2. The second kappa shape index (κ2) is 7.65. The first-order valence-corrected chi connectivity index (χ1v) is 10.4. The Labute approximate surface area is 162 Å². The number of carbonyl (C=O) groups excluding carboxylic acids is 1. The molecule has 8 nitrogen and oxygen atoms in total. The average Bonchev–Trinajstić information content (AvgIpc) is 3.46. The third kappa shape index (κ3) is 3.39. The second-order valence-electron chi connectivity index (χ2n) is 7.37. The number of fused-ring (bicyclic) bond motifs is 2. The summed E-state index contributed by atoms with van der Waals surface area (Å²) >= 11 is 1.55. The van der Waals surface area contributed by atoms with Crippen molar-refractivity contribution >= 4 is 17.2 Å². The van der Waals surface area contributed by atoms with E-state index >= 15 is 0 Å². The molecule has 2 aromatic rings. The lowest BCUT2D eigenvalue weighted by Gasteiger charge is -2.35. The van der Waals surface area contributed by atoms with Gasteiger partial charge in [0.25, 0.3) is 0 Å². The molecule has 1 amide bonds. The molecule has 27 heavy (non-hydrogen) atoms. The number of carbonyl (C=O) groups is 1. The Bertz CT molecular complexity index is 780. The lowest BCUT2D eigenvalue weighted by molar-refractivity contribution is -0.133. The summed E-state index contributed by atoms with van der Waals surface area (Å²) in [4.78, 5) is 24.4. The molecule has 2 aromatic heterocycles. The molecule has 2 bridgehead atoms. The maximum absolute atomic E-state index is 13.2. The molecule has 146 valence electrons. The third-order valence-electron chi connectivity index (χ3n) is 5.85. The number of aromatic nitrogens is 3. The summed E-state index contributed by atoms with van der Waals surface area (Å²) in [7, 11) is 0. The van der Waals surface area contributed by atoms with Gasteiger partial charge in [0.15, 0.2) is 5.82 Å². The second-order valence-corrected chi connectivity index (χ2v) is 8.09. The molecule has 0 aliphatic carbocycles. The summed E-state index contributed by atoms with van der Waals surface area (Å²) in [5, 5.41) is 18.1. The zero-order chi connectivity index (χ0) is 18.9. The monoisotopic (exact) mass is 391 g/mol. The Hall–Kier alpha value is -1.84. The lowest BCUT2D eigenvalue weighted by atomic mass is 9.70. The van der Waals surface area contributed by atoms with Crippen molar-refractivity contribution in [3.05, 3.63) is 28.3 Å². The van der Waals surface area contributed by atoms with Crippen LogP contribution in [-0.2, 0) is 24.2 Å². The van der Waals surface area contributed by atoms with Crippen molar-refractivity contribution in [1.29, 1.82) is 0 Å². The number of nitrogens with zero attached hydrogens (tertiary/aromatic N) is 4. The van der Waals surface area contributed by atoms with Crippen LogP contribution in [-0.4, -0.2) is 56.3 Å². The highest BCUT2D eigenvalue weighted by molar-refractivity contribution is 7.07. The van der Waals surface area contributed by atoms with E-state index in [1.54, 1.807) is 11.3 Å².